The van der Waals surface area contributed by atoms with Crippen LogP contribution in [0.2, 0.25) is 0 Å². The van der Waals surface area contributed by atoms with Crippen molar-refractivity contribution < 1.29 is 18.0 Å². The first-order valence-electron chi connectivity index (χ1n) is 11.2. The molecule has 5 rings (SSSR count). The normalized spacial score (nSPS) is 12.8. The second kappa shape index (κ2) is 9.35. The average molecular weight is 473 g/mol. The number of hydrogen-bond acceptors (Lipinski definition) is 3. The molecule has 4 aromatic rings. The van der Waals surface area contributed by atoms with E-state index in [1.54, 1.807) is 30.3 Å². The first-order valence-corrected chi connectivity index (χ1v) is 11.2. The fraction of sp³-hybridized carbons (Fsp3) is 0.143. The van der Waals surface area contributed by atoms with Crippen LogP contribution in [0.15, 0.2) is 91.0 Å². The molecule has 1 aliphatic rings. The molecule has 0 saturated heterocycles. The lowest BCUT2D eigenvalue weighted by Crippen LogP contribution is -2.36. The van der Waals surface area contributed by atoms with Crippen LogP contribution in [0.5, 0.6) is 0 Å². The highest BCUT2D eigenvalue weighted by Gasteiger charge is 2.32. The van der Waals surface area contributed by atoms with Crippen molar-refractivity contribution in [3.8, 4) is 22.4 Å². The SMILES string of the molecule is O=C(NCNCC1c2ccccc2-c2ccccc21)c1cc(C(F)(F)F)cc(-c2ccccc2)n1. The molecule has 0 atom stereocenters. The molecular formula is C28H22F3N3O. The molecule has 1 amide bonds. The second-order valence-corrected chi connectivity index (χ2v) is 8.35. The molecule has 176 valence electrons. The van der Waals surface area contributed by atoms with Crippen LogP contribution in [0.1, 0.15) is 33.1 Å². The molecule has 0 bridgehead atoms. The van der Waals surface area contributed by atoms with Crippen LogP contribution in [0, 0.1) is 0 Å². The van der Waals surface area contributed by atoms with E-state index in [1.165, 1.54) is 22.3 Å². The Bertz CT molecular complexity index is 1320. The molecule has 1 aliphatic carbocycles. The quantitative estimate of drug-likeness (QED) is 0.273. The average Bonchev–Trinajstić information content (AvgIpc) is 3.20. The van der Waals surface area contributed by atoms with Gasteiger partial charge < -0.3 is 5.32 Å². The first-order chi connectivity index (χ1) is 16.9. The van der Waals surface area contributed by atoms with Crippen LogP contribution in [0.25, 0.3) is 22.4 Å². The van der Waals surface area contributed by atoms with Crippen LogP contribution < -0.4 is 10.6 Å². The third-order valence-electron chi connectivity index (χ3n) is 6.14. The summed E-state index contributed by atoms with van der Waals surface area (Å²) in [6.07, 6.45) is -4.59. The lowest BCUT2D eigenvalue weighted by molar-refractivity contribution is -0.137. The van der Waals surface area contributed by atoms with E-state index in [0.717, 1.165) is 12.1 Å². The summed E-state index contributed by atoms with van der Waals surface area (Å²) in [5.74, 6) is -0.552. The predicted octanol–water partition coefficient (Wildman–Crippen LogP) is 5.86. The maximum Gasteiger partial charge on any atom is 0.416 e. The number of aromatic nitrogens is 1. The Labute approximate surface area is 200 Å². The Kier molecular flexibility index (Phi) is 6.09. The molecule has 0 aliphatic heterocycles. The molecule has 0 radical (unpaired) electrons. The number of carbonyl (C=O) groups is 1. The highest BCUT2D eigenvalue weighted by atomic mass is 19.4. The summed E-state index contributed by atoms with van der Waals surface area (Å²) in [7, 11) is 0. The minimum atomic E-state index is -4.59. The van der Waals surface area contributed by atoms with E-state index in [4.69, 9.17) is 0 Å². The van der Waals surface area contributed by atoms with Crippen molar-refractivity contribution in [2.75, 3.05) is 13.2 Å². The van der Waals surface area contributed by atoms with Crippen LogP contribution in [0.3, 0.4) is 0 Å². The molecule has 1 heterocycles. The van der Waals surface area contributed by atoms with Gasteiger partial charge in [-0.3, -0.25) is 10.1 Å². The zero-order valence-corrected chi connectivity index (χ0v) is 18.6. The molecule has 0 spiro atoms. The number of rotatable bonds is 6. The Morgan fingerprint density at radius 1 is 0.829 bits per heavy atom. The number of benzene rings is 3. The largest absolute Gasteiger partial charge is 0.416 e. The molecule has 2 N–H and O–H groups in total. The Balaban J connectivity index is 1.29. The highest BCUT2D eigenvalue weighted by Crippen LogP contribution is 2.44. The summed E-state index contributed by atoms with van der Waals surface area (Å²) < 4.78 is 40.4. The van der Waals surface area contributed by atoms with Crippen molar-refractivity contribution in [1.82, 2.24) is 15.6 Å². The molecular weight excluding hydrogens is 451 g/mol. The molecule has 35 heavy (non-hydrogen) atoms. The minimum absolute atomic E-state index is 0.0951. The Morgan fingerprint density at radius 2 is 1.43 bits per heavy atom. The highest BCUT2D eigenvalue weighted by molar-refractivity contribution is 5.93. The van der Waals surface area contributed by atoms with Gasteiger partial charge in [0, 0.05) is 18.0 Å². The summed E-state index contributed by atoms with van der Waals surface area (Å²) in [6, 6.07) is 26.6. The van der Waals surface area contributed by atoms with Crippen LogP contribution in [-0.4, -0.2) is 24.1 Å². The topological polar surface area (TPSA) is 54.0 Å². The van der Waals surface area contributed by atoms with E-state index >= 15 is 0 Å². The zero-order chi connectivity index (χ0) is 24.4. The first kappa shape index (κ1) is 22.8. The number of alkyl halides is 3. The molecule has 3 aromatic carbocycles. The Hall–Kier alpha value is -3.97. The molecule has 4 nitrogen and oxygen atoms in total. The van der Waals surface area contributed by atoms with Crippen molar-refractivity contribution in [2.45, 2.75) is 12.1 Å². The van der Waals surface area contributed by atoms with Crippen molar-refractivity contribution >= 4 is 5.91 Å². The van der Waals surface area contributed by atoms with E-state index in [-0.39, 0.29) is 24.0 Å². The fourth-order valence-corrected chi connectivity index (χ4v) is 4.50. The summed E-state index contributed by atoms with van der Waals surface area (Å²) in [6.45, 7) is 0.665. The molecule has 0 unspecified atom stereocenters. The van der Waals surface area contributed by atoms with Gasteiger partial charge in [0.15, 0.2) is 0 Å². The number of hydrogen-bond donors (Lipinski definition) is 2. The standard InChI is InChI=1S/C28H22F3N3O/c29-28(30,31)19-14-25(18-8-2-1-3-9-18)34-26(15-19)27(35)33-17-32-16-24-22-12-6-4-10-20(22)21-11-5-7-13-23(21)24/h1-15,24,32H,16-17H2,(H,33,35). The maximum absolute atomic E-state index is 13.5. The van der Waals surface area contributed by atoms with E-state index in [0.29, 0.717) is 12.1 Å². The molecule has 7 heteroatoms. The summed E-state index contributed by atoms with van der Waals surface area (Å²) in [5.41, 5.74) is 4.21. The second-order valence-electron chi connectivity index (χ2n) is 8.35. The molecule has 0 fully saturated rings. The third kappa shape index (κ3) is 4.68. The lowest BCUT2D eigenvalue weighted by atomic mass is 9.97. The van der Waals surface area contributed by atoms with E-state index in [9.17, 15) is 18.0 Å². The van der Waals surface area contributed by atoms with Crippen LogP contribution in [-0.2, 0) is 6.18 Å². The van der Waals surface area contributed by atoms with Gasteiger partial charge in [0.05, 0.1) is 17.9 Å². The van der Waals surface area contributed by atoms with Gasteiger partial charge in [-0.05, 0) is 34.4 Å². The number of fused-ring (bicyclic) bond motifs is 3. The van der Waals surface area contributed by atoms with Gasteiger partial charge in [-0.15, -0.1) is 0 Å². The van der Waals surface area contributed by atoms with Crippen LogP contribution in [0.4, 0.5) is 13.2 Å². The third-order valence-corrected chi connectivity index (χ3v) is 6.14. The van der Waals surface area contributed by atoms with Gasteiger partial charge in [-0.1, -0.05) is 78.9 Å². The molecule has 1 aromatic heterocycles. The zero-order valence-electron chi connectivity index (χ0n) is 18.6. The van der Waals surface area contributed by atoms with Gasteiger partial charge >= 0.3 is 6.18 Å². The number of nitrogens with one attached hydrogen (secondary N) is 2. The van der Waals surface area contributed by atoms with E-state index in [1.807, 2.05) is 24.3 Å². The number of nitrogens with zero attached hydrogens (tertiary/aromatic N) is 1. The van der Waals surface area contributed by atoms with Gasteiger partial charge in [0.2, 0.25) is 0 Å². The maximum atomic E-state index is 13.5. The van der Waals surface area contributed by atoms with Crippen LogP contribution >= 0.6 is 0 Å². The summed E-state index contributed by atoms with van der Waals surface area (Å²) in [4.78, 5) is 16.9. The van der Waals surface area contributed by atoms with Gasteiger partial charge in [-0.2, -0.15) is 13.2 Å². The number of pyridine rings is 1. The van der Waals surface area contributed by atoms with Gasteiger partial charge in [-0.25, -0.2) is 4.98 Å². The summed E-state index contributed by atoms with van der Waals surface area (Å²) >= 11 is 0. The van der Waals surface area contributed by atoms with Crippen molar-refractivity contribution in [3.63, 3.8) is 0 Å². The van der Waals surface area contributed by atoms with Gasteiger partial charge in [0.1, 0.15) is 5.69 Å². The smallest absolute Gasteiger partial charge is 0.338 e. The monoisotopic (exact) mass is 473 g/mol. The predicted molar refractivity (Wildman–Crippen MR) is 129 cm³/mol. The summed E-state index contributed by atoms with van der Waals surface area (Å²) in [5, 5.41) is 5.87. The number of carbonyl (C=O) groups excluding carboxylic acids is 1. The molecule has 0 saturated carbocycles. The van der Waals surface area contributed by atoms with Crippen molar-refractivity contribution in [2.24, 2.45) is 0 Å². The van der Waals surface area contributed by atoms with Crippen molar-refractivity contribution in [1.29, 1.82) is 0 Å². The lowest BCUT2D eigenvalue weighted by Gasteiger charge is -2.16. The van der Waals surface area contributed by atoms with E-state index in [2.05, 4.69) is 39.9 Å². The Morgan fingerprint density at radius 3 is 2.06 bits per heavy atom. The van der Waals surface area contributed by atoms with Gasteiger partial charge in [0.25, 0.3) is 5.91 Å². The van der Waals surface area contributed by atoms with E-state index < -0.39 is 17.6 Å². The van der Waals surface area contributed by atoms with Crippen molar-refractivity contribution in [3.05, 3.63) is 113 Å². The minimum Gasteiger partial charge on any atom is -0.338 e. The number of halogens is 3. The fourth-order valence-electron chi connectivity index (χ4n) is 4.50. The number of amides is 1.